The number of carbonyl (C=O) groups excluding carboxylic acids is 4. The summed E-state index contributed by atoms with van der Waals surface area (Å²) in [7, 11) is 2.68. The number of hydrogen-bond acceptors (Lipinski definition) is 6. The van der Waals surface area contributed by atoms with Gasteiger partial charge in [-0.2, -0.15) is 0 Å². The van der Waals surface area contributed by atoms with E-state index in [1.165, 1.54) is 28.9 Å². The molecular weight excluding hydrogens is 513 g/mol. The third-order valence-corrected chi connectivity index (χ3v) is 7.37. The molecule has 1 aromatic carbocycles. The van der Waals surface area contributed by atoms with Crippen molar-refractivity contribution in [3.8, 4) is 0 Å². The zero-order valence-electron chi connectivity index (χ0n) is 19.5. The van der Waals surface area contributed by atoms with E-state index in [0.29, 0.717) is 24.4 Å². The van der Waals surface area contributed by atoms with Crippen LogP contribution in [0.4, 0.5) is 0 Å². The number of likely N-dealkylation sites (N-methyl/N-ethyl adjacent to an activating group) is 1. The number of carbonyl (C=O) groups is 4. The lowest BCUT2D eigenvalue weighted by Crippen LogP contribution is -2.62. The Kier molecular flexibility index (Phi) is 9.54. The maximum atomic E-state index is 13.5. The number of rotatable bonds is 10. The van der Waals surface area contributed by atoms with Crippen molar-refractivity contribution >= 4 is 58.2 Å². The SMILES string of the molecule is COC(=O)CN(C)C(=O)CC1C(=O)N(C(Cl)Cc2ccc(Cl)cc2)CC(=O)N1CCc1cccs1. The van der Waals surface area contributed by atoms with E-state index in [1.54, 1.807) is 23.5 Å². The van der Waals surface area contributed by atoms with Crippen LogP contribution in [0.15, 0.2) is 41.8 Å². The summed E-state index contributed by atoms with van der Waals surface area (Å²) in [5.41, 5.74) is 0.0812. The summed E-state index contributed by atoms with van der Waals surface area (Å²) in [4.78, 5) is 56.2. The van der Waals surface area contributed by atoms with Gasteiger partial charge in [0, 0.05) is 29.9 Å². The zero-order valence-corrected chi connectivity index (χ0v) is 21.8. The summed E-state index contributed by atoms with van der Waals surface area (Å²) in [5.74, 6) is -1.71. The monoisotopic (exact) mass is 539 g/mol. The van der Waals surface area contributed by atoms with E-state index in [4.69, 9.17) is 23.2 Å². The molecule has 8 nitrogen and oxygen atoms in total. The molecule has 2 heterocycles. The average Bonchev–Trinajstić information content (AvgIpc) is 3.35. The number of methoxy groups -OCH3 is 1. The van der Waals surface area contributed by atoms with Gasteiger partial charge in [-0.3, -0.25) is 19.2 Å². The first kappa shape index (κ1) is 27.0. The highest BCUT2D eigenvalue weighted by Gasteiger charge is 2.42. The molecule has 0 aliphatic carbocycles. The number of benzene rings is 1. The first-order valence-corrected chi connectivity index (χ1v) is 12.7. The second-order valence-corrected chi connectivity index (χ2v) is 10.2. The van der Waals surface area contributed by atoms with Crippen molar-refractivity contribution in [3.63, 3.8) is 0 Å². The lowest BCUT2D eigenvalue weighted by atomic mass is 10.0. The van der Waals surface area contributed by atoms with Crippen LogP contribution >= 0.6 is 34.5 Å². The molecule has 1 aliphatic rings. The van der Waals surface area contributed by atoms with Crippen LogP contribution < -0.4 is 0 Å². The van der Waals surface area contributed by atoms with Crippen LogP contribution in [0.25, 0.3) is 0 Å². The summed E-state index contributed by atoms with van der Waals surface area (Å²) < 4.78 is 4.62. The molecule has 1 saturated heterocycles. The van der Waals surface area contributed by atoms with Gasteiger partial charge >= 0.3 is 5.97 Å². The predicted octanol–water partition coefficient (Wildman–Crippen LogP) is 2.81. The van der Waals surface area contributed by atoms with E-state index in [-0.39, 0.29) is 25.4 Å². The topological polar surface area (TPSA) is 87.2 Å². The standard InChI is InChI=1S/C24H27Cl2N3O5S/c1-27(15-23(32)34-2)21(30)13-19-24(33)29(20(26)12-16-5-7-17(25)8-6-16)14-22(31)28(19)10-9-18-4-3-11-35-18/h3-8,11,19-20H,9-10,12-15H2,1-2H3. The Morgan fingerprint density at radius 3 is 2.57 bits per heavy atom. The Bertz CT molecular complexity index is 1050. The highest BCUT2D eigenvalue weighted by Crippen LogP contribution is 2.24. The second kappa shape index (κ2) is 12.4. The number of ether oxygens (including phenoxy) is 1. The van der Waals surface area contributed by atoms with Gasteiger partial charge in [0.05, 0.1) is 13.5 Å². The average molecular weight is 540 g/mol. The third-order valence-electron chi connectivity index (χ3n) is 5.79. The van der Waals surface area contributed by atoms with Crippen LogP contribution in [0.3, 0.4) is 0 Å². The number of esters is 1. The fourth-order valence-electron chi connectivity index (χ4n) is 3.81. The molecule has 3 rings (SSSR count). The van der Waals surface area contributed by atoms with Gasteiger partial charge in [0.15, 0.2) is 0 Å². The van der Waals surface area contributed by atoms with E-state index < -0.39 is 29.3 Å². The minimum atomic E-state index is -1.02. The molecule has 1 fully saturated rings. The molecule has 1 aliphatic heterocycles. The first-order chi connectivity index (χ1) is 16.7. The predicted molar refractivity (Wildman–Crippen MR) is 134 cm³/mol. The third kappa shape index (κ3) is 7.19. The largest absolute Gasteiger partial charge is 0.468 e. The number of amides is 3. The van der Waals surface area contributed by atoms with Crippen molar-refractivity contribution in [3.05, 3.63) is 57.2 Å². The van der Waals surface area contributed by atoms with E-state index in [1.807, 2.05) is 29.6 Å². The van der Waals surface area contributed by atoms with Gasteiger partial charge in [0.25, 0.3) is 0 Å². The Morgan fingerprint density at radius 2 is 1.94 bits per heavy atom. The smallest absolute Gasteiger partial charge is 0.325 e. The summed E-state index contributed by atoms with van der Waals surface area (Å²) in [6, 6.07) is 9.94. The van der Waals surface area contributed by atoms with Gasteiger partial charge in [-0.05, 0) is 35.6 Å². The highest BCUT2D eigenvalue weighted by atomic mass is 35.5. The van der Waals surface area contributed by atoms with Crippen LogP contribution in [0.1, 0.15) is 16.9 Å². The number of hydrogen-bond donors (Lipinski definition) is 0. The Balaban J connectivity index is 1.78. The quantitative estimate of drug-likeness (QED) is 0.263. The van der Waals surface area contributed by atoms with Crippen molar-refractivity contribution in [2.45, 2.75) is 30.8 Å². The molecule has 3 amide bonds. The summed E-state index contributed by atoms with van der Waals surface area (Å²) in [6.07, 6.45) is 0.619. The number of piperazine rings is 1. The van der Waals surface area contributed by atoms with Crippen molar-refractivity contribution in [1.29, 1.82) is 0 Å². The number of nitrogens with zero attached hydrogens (tertiary/aromatic N) is 3. The molecule has 0 spiro atoms. The Labute approximate surface area is 218 Å². The molecule has 1 aromatic heterocycles. The normalized spacial score (nSPS) is 16.9. The van der Waals surface area contributed by atoms with Crippen LogP contribution in [0.5, 0.6) is 0 Å². The molecule has 2 atom stereocenters. The van der Waals surface area contributed by atoms with Gasteiger partial charge in [-0.15, -0.1) is 11.3 Å². The lowest BCUT2D eigenvalue weighted by Gasteiger charge is -2.42. The second-order valence-electron chi connectivity index (χ2n) is 8.19. The molecule has 2 aromatic rings. The van der Waals surface area contributed by atoms with E-state index >= 15 is 0 Å². The molecule has 0 radical (unpaired) electrons. The van der Waals surface area contributed by atoms with E-state index in [0.717, 1.165) is 10.4 Å². The highest BCUT2D eigenvalue weighted by molar-refractivity contribution is 7.09. The molecular formula is C24H27Cl2N3O5S. The summed E-state index contributed by atoms with van der Waals surface area (Å²) in [5, 5.41) is 2.53. The van der Waals surface area contributed by atoms with Gasteiger partial charge in [-0.25, -0.2) is 0 Å². The van der Waals surface area contributed by atoms with Crippen LogP contribution in [-0.4, -0.2) is 83.7 Å². The van der Waals surface area contributed by atoms with Crippen molar-refractivity contribution in [2.75, 3.05) is 33.8 Å². The minimum Gasteiger partial charge on any atom is -0.468 e. The fraction of sp³-hybridized carbons (Fsp3) is 0.417. The fourth-order valence-corrected chi connectivity index (χ4v) is 4.97. The Morgan fingerprint density at radius 1 is 1.23 bits per heavy atom. The summed E-state index contributed by atoms with van der Waals surface area (Å²) in [6.45, 7) is -0.132. The lowest BCUT2D eigenvalue weighted by molar-refractivity contribution is -0.159. The Hall–Kier alpha value is -2.62. The maximum Gasteiger partial charge on any atom is 0.325 e. The molecule has 11 heteroatoms. The molecule has 188 valence electrons. The molecule has 2 unspecified atom stereocenters. The maximum absolute atomic E-state index is 13.5. The zero-order chi connectivity index (χ0) is 25.5. The van der Waals surface area contributed by atoms with Gasteiger partial charge in [0.2, 0.25) is 17.7 Å². The first-order valence-electron chi connectivity index (χ1n) is 11.0. The van der Waals surface area contributed by atoms with Gasteiger partial charge < -0.3 is 19.4 Å². The minimum absolute atomic E-state index is 0.173. The number of thiophene rings is 1. The van der Waals surface area contributed by atoms with Crippen LogP contribution in [-0.2, 0) is 36.8 Å². The van der Waals surface area contributed by atoms with Crippen molar-refractivity contribution in [2.24, 2.45) is 0 Å². The van der Waals surface area contributed by atoms with Crippen LogP contribution in [0, 0.1) is 0 Å². The van der Waals surface area contributed by atoms with E-state index in [9.17, 15) is 19.2 Å². The number of alkyl halides is 1. The van der Waals surface area contributed by atoms with Gasteiger partial charge in [0.1, 0.15) is 24.6 Å². The molecule has 0 bridgehead atoms. The van der Waals surface area contributed by atoms with Crippen molar-refractivity contribution < 1.29 is 23.9 Å². The van der Waals surface area contributed by atoms with Gasteiger partial charge in [-0.1, -0.05) is 41.4 Å². The molecule has 35 heavy (non-hydrogen) atoms. The van der Waals surface area contributed by atoms with E-state index in [2.05, 4.69) is 4.74 Å². The van der Waals surface area contributed by atoms with Crippen LogP contribution in [0.2, 0.25) is 5.02 Å². The molecule has 0 saturated carbocycles. The van der Waals surface area contributed by atoms with Crippen molar-refractivity contribution in [1.82, 2.24) is 14.7 Å². The summed E-state index contributed by atoms with van der Waals surface area (Å²) >= 11 is 14.1. The number of halogens is 2. The molecule has 0 N–H and O–H groups in total.